The number of carbonyl (C=O) groups is 2. The molecule has 0 aromatic carbocycles. The first-order valence-corrected chi connectivity index (χ1v) is 8.10. The van der Waals surface area contributed by atoms with E-state index < -0.39 is 5.41 Å². The van der Waals surface area contributed by atoms with Gasteiger partial charge >= 0.3 is 11.9 Å². The lowest BCUT2D eigenvalue weighted by molar-refractivity contribution is -0.162. The third-order valence-corrected chi connectivity index (χ3v) is 5.33. The van der Waals surface area contributed by atoms with Gasteiger partial charge in [0.2, 0.25) is 0 Å². The number of rotatable bonds is 4. The van der Waals surface area contributed by atoms with Crippen molar-refractivity contribution < 1.29 is 19.1 Å². The Morgan fingerprint density at radius 2 is 2.05 bits per heavy atom. The van der Waals surface area contributed by atoms with Crippen LogP contribution in [0.5, 0.6) is 0 Å². The molecule has 0 N–H and O–H groups in total. The van der Waals surface area contributed by atoms with E-state index in [0.717, 1.165) is 25.7 Å². The summed E-state index contributed by atoms with van der Waals surface area (Å²) in [6.45, 7) is 10.2. The molecule has 0 amide bonds. The minimum absolute atomic E-state index is 0.138. The predicted octanol–water partition coefficient (Wildman–Crippen LogP) is 3.50. The van der Waals surface area contributed by atoms with Crippen LogP contribution in [0.15, 0.2) is 12.2 Å². The highest BCUT2D eigenvalue weighted by molar-refractivity contribution is 5.75. The van der Waals surface area contributed by atoms with E-state index in [1.54, 1.807) is 0 Å². The molecule has 0 aromatic heterocycles. The van der Waals surface area contributed by atoms with Gasteiger partial charge in [-0.1, -0.05) is 12.2 Å². The van der Waals surface area contributed by atoms with E-state index >= 15 is 0 Å². The van der Waals surface area contributed by atoms with Crippen LogP contribution in [0.2, 0.25) is 0 Å². The van der Waals surface area contributed by atoms with Crippen molar-refractivity contribution >= 4 is 11.9 Å². The Hall–Kier alpha value is -1.32. The van der Waals surface area contributed by atoms with E-state index in [1.807, 2.05) is 20.8 Å². The molecule has 4 nitrogen and oxygen atoms in total. The molecule has 3 rings (SSSR count). The number of esters is 2. The molecule has 0 aliphatic heterocycles. The van der Waals surface area contributed by atoms with Crippen molar-refractivity contribution in [3.05, 3.63) is 12.2 Å². The summed E-state index contributed by atoms with van der Waals surface area (Å²) < 4.78 is 10.5. The maximum atomic E-state index is 12.1. The molecule has 0 unspecified atom stereocenters. The van der Waals surface area contributed by atoms with Crippen LogP contribution in [0, 0.1) is 22.7 Å². The highest BCUT2D eigenvalue weighted by atomic mass is 16.5. The van der Waals surface area contributed by atoms with Crippen LogP contribution < -0.4 is 0 Å². The molecule has 0 heterocycles. The number of carbonyl (C=O) groups excluding carboxylic acids is 2. The average molecular weight is 308 g/mol. The number of fused-ring (bicyclic) bond motifs is 3. The molecule has 3 aliphatic rings. The summed E-state index contributed by atoms with van der Waals surface area (Å²) in [4.78, 5) is 23.8. The zero-order valence-electron chi connectivity index (χ0n) is 14.2. The van der Waals surface area contributed by atoms with Crippen LogP contribution in [0.3, 0.4) is 0 Å². The molecule has 0 radical (unpaired) electrons. The van der Waals surface area contributed by atoms with Gasteiger partial charge in [0.05, 0.1) is 19.1 Å². The van der Waals surface area contributed by atoms with Crippen molar-refractivity contribution in [2.24, 2.45) is 22.7 Å². The number of allylic oxidation sites excluding steroid dienone is 1. The number of hydrogen-bond donors (Lipinski definition) is 0. The smallest absolute Gasteiger partial charge is 0.311 e. The lowest BCUT2D eigenvalue weighted by atomic mass is 9.53. The predicted molar refractivity (Wildman–Crippen MR) is 84.1 cm³/mol. The van der Waals surface area contributed by atoms with Gasteiger partial charge in [-0.3, -0.25) is 9.59 Å². The third kappa shape index (κ3) is 3.36. The quantitative estimate of drug-likeness (QED) is 0.589. The fourth-order valence-corrected chi connectivity index (χ4v) is 3.83. The first kappa shape index (κ1) is 17.0. The van der Waals surface area contributed by atoms with Gasteiger partial charge in [-0.25, -0.2) is 0 Å². The van der Waals surface area contributed by atoms with Gasteiger partial charge in [0.15, 0.2) is 0 Å². The standard InChI is InChI=1S/C18H28O4/c1-12-10-18(11-22-16(20)17(2,3)4)7-6-13(12)8-14(18)9-15(19)21-5/h13-14H,1,6-11H2,2-5H3/t13-,14-,18-/m0/s1. The van der Waals surface area contributed by atoms with E-state index in [2.05, 4.69) is 6.58 Å². The Morgan fingerprint density at radius 1 is 1.36 bits per heavy atom. The molecule has 3 saturated carbocycles. The maximum Gasteiger partial charge on any atom is 0.311 e. The van der Waals surface area contributed by atoms with Gasteiger partial charge in [-0.05, 0) is 58.3 Å². The summed E-state index contributed by atoms with van der Waals surface area (Å²) >= 11 is 0. The molecule has 2 bridgehead atoms. The van der Waals surface area contributed by atoms with E-state index in [-0.39, 0.29) is 23.3 Å². The summed E-state index contributed by atoms with van der Waals surface area (Å²) in [5.41, 5.74) is 0.609. The van der Waals surface area contributed by atoms with Gasteiger partial charge in [0.1, 0.15) is 0 Å². The van der Waals surface area contributed by atoms with Gasteiger partial charge in [0.25, 0.3) is 0 Å². The van der Waals surface area contributed by atoms with Gasteiger partial charge in [-0.15, -0.1) is 0 Å². The minimum Gasteiger partial charge on any atom is -0.469 e. The minimum atomic E-state index is -0.503. The lowest BCUT2D eigenvalue weighted by Crippen LogP contribution is -2.47. The molecule has 3 fully saturated rings. The fraction of sp³-hybridized carbons (Fsp3) is 0.778. The van der Waals surface area contributed by atoms with Crippen LogP contribution in [-0.2, 0) is 19.1 Å². The number of methoxy groups -OCH3 is 1. The zero-order chi connectivity index (χ0) is 16.5. The van der Waals surface area contributed by atoms with Crippen molar-refractivity contribution in [1.82, 2.24) is 0 Å². The van der Waals surface area contributed by atoms with Crippen molar-refractivity contribution in [2.45, 2.75) is 52.9 Å². The number of hydrogen-bond acceptors (Lipinski definition) is 4. The first-order valence-electron chi connectivity index (χ1n) is 8.10. The summed E-state index contributed by atoms with van der Waals surface area (Å²) in [7, 11) is 1.43. The van der Waals surface area contributed by atoms with Crippen LogP contribution in [0.4, 0.5) is 0 Å². The van der Waals surface area contributed by atoms with Crippen LogP contribution in [-0.4, -0.2) is 25.7 Å². The van der Waals surface area contributed by atoms with Crippen molar-refractivity contribution in [2.75, 3.05) is 13.7 Å². The summed E-state index contributed by atoms with van der Waals surface area (Å²) in [6.07, 6.45) is 4.31. The molecular weight excluding hydrogens is 280 g/mol. The summed E-state index contributed by atoms with van der Waals surface area (Å²) in [6, 6.07) is 0. The average Bonchev–Trinajstić information content (AvgIpc) is 2.45. The Balaban J connectivity index is 2.12. The highest BCUT2D eigenvalue weighted by Crippen LogP contribution is 2.57. The molecule has 124 valence electrons. The molecular formula is C18H28O4. The SMILES string of the molecule is C=C1C[C@]2(COC(=O)C(C)(C)C)CC[C@H]1C[C@H]2CC(=O)OC. The lowest BCUT2D eigenvalue weighted by Gasteiger charge is -2.52. The summed E-state index contributed by atoms with van der Waals surface area (Å²) in [5, 5.41) is 0. The summed E-state index contributed by atoms with van der Waals surface area (Å²) in [5.74, 6) is 0.369. The first-order chi connectivity index (χ1) is 10.2. The molecule has 3 aliphatic carbocycles. The van der Waals surface area contributed by atoms with Crippen molar-refractivity contribution in [3.8, 4) is 0 Å². The van der Waals surface area contributed by atoms with Gasteiger partial charge < -0.3 is 9.47 Å². The zero-order valence-corrected chi connectivity index (χ0v) is 14.2. The van der Waals surface area contributed by atoms with Crippen LogP contribution in [0.25, 0.3) is 0 Å². The van der Waals surface area contributed by atoms with Gasteiger partial charge in [-0.2, -0.15) is 0 Å². The molecule has 22 heavy (non-hydrogen) atoms. The highest BCUT2D eigenvalue weighted by Gasteiger charge is 2.50. The van der Waals surface area contributed by atoms with Crippen LogP contribution in [0.1, 0.15) is 52.9 Å². The van der Waals surface area contributed by atoms with Crippen molar-refractivity contribution in [1.29, 1.82) is 0 Å². The Morgan fingerprint density at radius 3 is 2.59 bits per heavy atom. The maximum absolute atomic E-state index is 12.1. The van der Waals surface area contributed by atoms with E-state index in [4.69, 9.17) is 9.47 Å². The Bertz CT molecular complexity index is 474. The van der Waals surface area contributed by atoms with Gasteiger partial charge in [0, 0.05) is 11.8 Å². The monoisotopic (exact) mass is 308 g/mol. The Kier molecular flexibility index (Phi) is 4.69. The normalized spacial score (nSPS) is 31.0. The molecule has 0 spiro atoms. The molecule has 3 atom stereocenters. The second kappa shape index (κ2) is 6.05. The van der Waals surface area contributed by atoms with E-state index in [9.17, 15) is 9.59 Å². The second-order valence-electron chi connectivity index (χ2n) is 7.97. The molecule has 0 aromatic rings. The van der Waals surface area contributed by atoms with E-state index in [0.29, 0.717) is 18.9 Å². The topological polar surface area (TPSA) is 52.6 Å². The van der Waals surface area contributed by atoms with E-state index in [1.165, 1.54) is 12.7 Å². The number of ether oxygens (including phenoxy) is 2. The largest absolute Gasteiger partial charge is 0.469 e. The molecule has 4 heteroatoms. The fourth-order valence-electron chi connectivity index (χ4n) is 3.83. The Labute approximate surface area is 133 Å². The van der Waals surface area contributed by atoms with Crippen molar-refractivity contribution in [3.63, 3.8) is 0 Å². The second-order valence-corrected chi connectivity index (χ2v) is 7.97. The third-order valence-electron chi connectivity index (χ3n) is 5.33. The molecule has 0 saturated heterocycles. The van der Waals surface area contributed by atoms with Crippen LogP contribution >= 0.6 is 0 Å².